The van der Waals surface area contributed by atoms with E-state index in [0.717, 1.165) is 51.4 Å². The fraction of sp³-hybridized carbons (Fsp3) is 0.889. The Kier molecular flexibility index (Phi) is 29.0. The quantitative estimate of drug-likeness (QED) is 0.0241. The van der Waals surface area contributed by atoms with Crippen molar-refractivity contribution in [2.45, 2.75) is 161 Å². The van der Waals surface area contributed by atoms with Gasteiger partial charge in [0.15, 0.2) is 6.10 Å². The molecule has 0 aliphatic rings. The number of esters is 2. The molecule has 0 fully saturated rings. The molecule has 0 saturated carbocycles. The van der Waals surface area contributed by atoms with E-state index in [4.69, 9.17) is 18.5 Å². The van der Waals surface area contributed by atoms with Crippen LogP contribution >= 0.6 is 7.82 Å². The fourth-order valence-corrected chi connectivity index (χ4v) is 5.57. The van der Waals surface area contributed by atoms with E-state index in [1.807, 2.05) is 21.1 Å². The number of ether oxygens (including phenoxy) is 2. The zero-order valence-electron chi connectivity index (χ0n) is 30.3. The number of carbonyl (C=O) groups excluding carboxylic acids is 2. The Balaban J connectivity index is 4.44. The first-order valence-corrected chi connectivity index (χ1v) is 19.9. The van der Waals surface area contributed by atoms with Crippen molar-refractivity contribution >= 4 is 19.8 Å². The van der Waals surface area contributed by atoms with Crippen LogP contribution in [0, 0.1) is 0 Å². The third-order valence-electron chi connectivity index (χ3n) is 7.80. The van der Waals surface area contributed by atoms with E-state index in [1.54, 1.807) is 0 Å². The molecule has 46 heavy (non-hydrogen) atoms. The van der Waals surface area contributed by atoms with Crippen LogP contribution in [0.1, 0.15) is 155 Å². The Morgan fingerprint density at radius 2 is 1.11 bits per heavy atom. The normalized spacial score (nSPS) is 14.0. The van der Waals surface area contributed by atoms with E-state index in [9.17, 15) is 19.0 Å². The lowest BCUT2D eigenvalue weighted by molar-refractivity contribution is -0.870. The second kappa shape index (κ2) is 29.9. The average Bonchev–Trinajstić information content (AvgIpc) is 2.99. The summed E-state index contributed by atoms with van der Waals surface area (Å²) in [5.74, 6) is -0.810. The summed E-state index contributed by atoms with van der Waals surface area (Å²) in [7, 11) is 1.47. The molecule has 0 saturated heterocycles. The second-order valence-corrected chi connectivity index (χ2v) is 15.1. The van der Waals surface area contributed by atoms with Gasteiger partial charge in [0.1, 0.15) is 19.8 Å². The smallest absolute Gasteiger partial charge is 0.462 e. The number of hydrogen-bond donors (Lipinski definition) is 1. The molecule has 0 aromatic rings. The van der Waals surface area contributed by atoms with Crippen LogP contribution in [0.3, 0.4) is 0 Å². The van der Waals surface area contributed by atoms with Crippen LogP contribution in [0.4, 0.5) is 0 Å². The van der Waals surface area contributed by atoms with Crippen molar-refractivity contribution in [3.05, 3.63) is 12.2 Å². The van der Waals surface area contributed by atoms with Crippen molar-refractivity contribution in [1.29, 1.82) is 0 Å². The van der Waals surface area contributed by atoms with Gasteiger partial charge in [-0.2, -0.15) is 0 Å². The number of carbonyl (C=O) groups is 2. The van der Waals surface area contributed by atoms with Gasteiger partial charge in [0.2, 0.25) is 0 Å². The molecule has 0 heterocycles. The van der Waals surface area contributed by atoms with E-state index in [1.165, 1.54) is 70.6 Å². The summed E-state index contributed by atoms with van der Waals surface area (Å²) in [5, 5.41) is 0. The summed E-state index contributed by atoms with van der Waals surface area (Å²) < 4.78 is 34.0. The molecular weight excluding hydrogens is 605 g/mol. The van der Waals surface area contributed by atoms with Crippen molar-refractivity contribution in [3.63, 3.8) is 0 Å². The van der Waals surface area contributed by atoms with E-state index < -0.39 is 26.5 Å². The van der Waals surface area contributed by atoms with Crippen molar-refractivity contribution in [3.8, 4) is 0 Å². The topological polar surface area (TPSA) is 108 Å². The first-order valence-electron chi connectivity index (χ1n) is 18.4. The minimum atomic E-state index is -4.36. The van der Waals surface area contributed by atoms with Crippen molar-refractivity contribution < 1.29 is 42.1 Å². The predicted molar refractivity (Wildman–Crippen MR) is 188 cm³/mol. The summed E-state index contributed by atoms with van der Waals surface area (Å²) in [6.45, 7) is 4.36. The van der Waals surface area contributed by atoms with Crippen LogP contribution in [0.15, 0.2) is 12.2 Å². The summed E-state index contributed by atoms with van der Waals surface area (Å²) in [4.78, 5) is 35.0. The van der Waals surface area contributed by atoms with E-state index >= 15 is 0 Å². The monoisotopic (exact) mass is 676 g/mol. The van der Waals surface area contributed by atoms with Gasteiger partial charge in [-0.15, -0.1) is 0 Å². The summed E-state index contributed by atoms with van der Waals surface area (Å²) in [5.41, 5.74) is 0. The molecule has 1 unspecified atom stereocenters. The lowest BCUT2D eigenvalue weighted by atomic mass is 10.1. The summed E-state index contributed by atoms with van der Waals surface area (Å²) in [6.07, 6.45) is 26.9. The van der Waals surface area contributed by atoms with Gasteiger partial charge in [0.05, 0.1) is 27.7 Å². The van der Waals surface area contributed by atoms with Crippen LogP contribution in [0.2, 0.25) is 0 Å². The predicted octanol–water partition coefficient (Wildman–Crippen LogP) is 9.46. The Labute approximate surface area is 282 Å². The molecule has 0 aromatic heterocycles. The van der Waals surface area contributed by atoms with Crippen molar-refractivity contribution in [1.82, 2.24) is 0 Å². The maximum Gasteiger partial charge on any atom is 0.472 e. The molecule has 2 atom stereocenters. The van der Waals surface area contributed by atoms with E-state index in [0.29, 0.717) is 17.4 Å². The highest BCUT2D eigenvalue weighted by molar-refractivity contribution is 7.47. The lowest BCUT2D eigenvalue weighted by Crippen LogP contribution is -2.37. The van der Waals surface area contributed by atoms with Gasteiger partial charge < -0.3 is 18.9 Å². The number of quaternary nitrogens is 1. The van der Waals surface area contributed by atoms with Crippen LogP contribution in [-0.4, -0.2) is 74.9 Å². The molecule has 0 amide bonds. The molecule has 0 aliphatic heterocycles. The number of allylic oxidation sites excluding steroid dienone is 2. The number of unbranched alkanes of at least 4 members (excludes halogenated alkanes) is 17. The maximum absolute atomic E-state index is 12.5. The second-order valence-electron chi connectivity index (χ2n) is 13.6. The molecule has 0 bridgehead atoms. The number of phosphoric ester groups is 1. The molecule has 10 heteroatoms. The SMILES string of the molecule is CCCCCC/C=C\CCCCCCCC(=O)OC[C@H](COP(=O)(O)OCC[N+](C)(C)C)OC(=O)CCCCCCCCCCC. The van der Waals surface area contributed by atoms with Crippen LogP contribution < -0.4 is 0 Å². The highest BCUT2D eigenvalue weighted by atomic mass is 31.2. The number of phosphoric acid groups is 1. The van der Waals surface area contributed by atoms with Crippen molar-refractivity contribution in [2.24, 2.45) is 0 Å². The molecule has 0 aromatic carbocycles. The Bertz CT molecular complexity index is 814. The lowest BCUT2D eigenvalue weighted by Gasteiger charge is -2.24. The molecular formula is C36H71NO8P+. The van der Waals surface area contributed by atoms with Gasteiger partial charge in [0, 0.05) is 12.8 Å². The standard InChI is InChI=1S/C36H70NO8P/c1-6-8-10-12-14-16-17-18-19-21-22-24-26-28-35(38)42-32-34(33-44-46(40,41)43-31-30-37(3,4)5)45-36(39)29-27-25-23-20-15-13-11-9-7-2/h16-17,34H,6-15,18-33H2,1-5H3/p+1/b17-16-/t34-/m1/s1. The minimum absolute atomic E-state index is 0.0329. The van der Waals surface area contributed by atoms with Crippen LogP contribution in [0.5, 0.6) is 0 Å². The highest BCUT2D eigenvalue weighted by Gasteiger charge is 2.27. The summed E-state index contributed by atoms with van der Waals surface area (Å²) in [6, 6.07) is 0. The van der Waals surface area contributed by atoms with Gasteiger partial charge in [-0.05, 0) is 38.5 Å². The fourth-order valence-electron chi connectivity index (χ4n) is 4.83. The van der Waals surface area contributed by atoms with Gasteiger partial charge >= 0.3 is 19.8 Å². The van der Waals surface area contributed by atoms with Gasteiger partial charge in [-0.1, -0.05) is 116 Å². The van der Waals surface area contributed by atoms with Gasteiger partial charge in [-0.3, -0.25) is 18.6 Å². The number of hydrogen-bond acceptors (Lipinski definition) is 7. The van der Waals surface area contributed by atoms with E-state index in [2.05, 4.69) is 26.0 Å². The largest absolute Gasteiger partial charge is 0.472 e. The average molecular weight is 677 g/mol. The van der Waals surface area contributed by atoms with Gasteiger partial charge in [-0.25, -0.2) is 4.57 Å². The highest BCUT2D eigenvalue weighted by Crippen LogP contribution is 2.43. The third kappa shape index (κ3) is 32.7. The van der Waals surface area contributed by atoms with E-state index in [-0.39, 0.29) is 32.0 Å². The zero-order valence-corrected chi connectivity index (χ0v) is 31.2. The van der Waals surface area contributed by atoms with Crippen LogP contribution in [0.25, 0.3) is 0 Å². The van der Waals surface area contributed by atoms with Crippen LogP contribution in [-0.2, 0) is 32.7 Å². The third-order valence-corrected chi connectivity index (χ3v) is 8.78. The number of likely N-dealkylation sites (N-methyl/N-ethyl adjacent to an activating group) is 1. The molecule has 9 nitrogen and oxygen atoms in total. The van der Waals surface area contributed by atoms with Gasteiger partial charge in [0.25, 0.3) is 0 Å². The Morgan fingerprint density at radius 1 is 0.652 bits per heavy atom. The Morgan fingerprint density at radius 3 is 1.63 bits per heavy atom. The molecule has 0 spiro atoms. The van der Waals surface area contributed by atoms with Crippen molar-refractivity contribution in [2.75, 3.05) is 47.5 Å². The number of rotatable bonds is 33. The molecule has 0 aliphatic carbocycles. The molecule has 272 valence electrons. The first kappa shape index (κ1) is 44.8. The molecule has 0 rings (SSSR count). The maximum atomic E-state index is 12.5. The number of nitrogens with zero attached hydrogens (tertiary/aromatic N) is 1. The Hall–Kier alpha value is -1.25. The first-order chi connectivity index (χ1) is 22.0. The zero-order chi connectivity index (χ0) is 34.4. The molecule has 1 N–H and O–H groups in total. The molecule has 0 radical (unpaired) electrons. The summed E-state index contributed by atoms with van der Waals surface area (Å²) >= 11 is 0. The minimum Gasteiger partial charge on any atom is -0.462 e.